The Morgan fingerprint density at radius 2 is 1.96 bits per heavy atom. The molecule has 1 N–H and O–H groups in total. The predicted molar refractivity (Wildman–Crippen MR) is 99.6 cm³/mol. The summed E-state index contributed by atoms with van der Waals surface area (Å²) in [7, 11) is 2.18. The molecule has 1 atom stereocenters. The molecule has 2 aromatic heterocycles. The van der Waals surface area contributed by atoms with Crippen LogP contribution in [0.2, 0.25) is 0 Å². The van der Waals surface area contributed by atoms with E-state index in [4.69, 9.17) is 17.3 Å². The van der Waals surface area contributed by atoms with Crippen molar-refractivity contribution in [3.05, 3.63) is 65.2 Å². The minimum Gasteiger partial charge on any atom is -0.315 e. The van der Waals surface area contributed by atoms with E-state index >= 15 is 0 Å². The van der Waals surface area contributed by atoms with Crippen LogP contribution in [-0.4, -0.2) is 26.4 Å². The van der Waals surface area contributed by atoms with Gasteiger partial charge in [-0.05, 0) is 37.2 Å². The van der Waals surface area contributed by atoms with Gasteiger partial charge in [0.1, 0.15) is 6.54 Å². The molecule has 0 amide bonds. The maximum Gasteiger partial charge on any atom is 0.203 e. The molecular formula is C19H22N5S+. The monoisotopic (exact) mass is 352 g/mol. The summed E-state index contributed by atoms with van der Waals surface area (Å²) in [4.78, 5) is 5.58. The van der Waals surface area contributed by atoms with Gasteiger partial charge in [-0.25, -0.2) is 0 Å². The van der Waals surface area contributed by atoms with E-state index in [1.54, 1.807) is 6.20 Å². The van der Waals surface area contributed by atoms with E-state index in [1.165, 1.54) is 23.3 Å². The number of hydrogen-bond donors (Lipinski definition) is 1. The normalized spacial score (nSPS) is 15.2. The maximum absolute atomic E-state index is 5.74. The molecule has 2 heterocycles. The Bertz CT molecular complexity index is 897. The highest BCUT2D eigenvalue weighted by atomic mass is 32.1. The van der Waals surface area contributed by atoms with Crippen LogP contribution in [0.4, 0.5) is 0 Å². The standard InChI is InChI=1S/C19H21N5S/c1-22(13-15-6-3-2-4-7-15)14-23-19(25)24(17-9-10-17)18(21-23)16-8-5-11-20-12-16/h2-8,11-12,17H,9-10,13-14H2,1H3/p+1. The maximum atomic E-state index is 5.74. The van der Waals surface area contributed by atoms with Gasteiger partial charge in [-0.3, -0.25) is 9.55 Å². The average Bonchev–Trinajstić information content (AvgIpc) is 3.42. The summed E-state index contributed by atoms with van der Waals surface area (Å²) in [5.41, 5.74) is 2.35. The second-order valence-corrected chi connectivity index (χ2v) is 7.09. The average molecular weight is 352 g/mol. The van der Waals surface area contributed by atoms with E-state index in [0.717, 1.165) is 29.4 Å². The summed E-state index contributed by atoms with van der Waals surface area (Å²) < 4.78 is 4.99. The summed E-state index contributed by atoms with van der Waals surface area (Å²) >= 11 is 5.74. The van der Waals surface area contributed by atoms with Gasteiger partial charge < -0.3 is 4.90 Å². The molecule has 0 aliphatic heterocycles. The number of nitrogens with one attached hydrogen (secondary N) is 1. The highest BCUT2D eigenvalue weighted by Gasteiger charge is 2.29. The fraction of sp³-hybridized carbons (Fsp3) is 0.316. The van der Waals surface area contributed by atoms with E-state index in [9.17, 15) is 0 Å². The molecule has 1 aromatic carbocycles. The van der Waals surface area contributed by atoms with Gasteiger partial charge in [-0.1, -0.05) is 30.3 Å². The number of rotatable bonds is 6. The van der Waals surface area contributed by atoms with Crippen LogP contribution in [-0.2, 0) is 13.2 Å². The minimum atomic E-state index is 0.492. The molecule has 25 heavy (non-hydrogen) atoms. The van der Waals surface area contributed by atoms with E-state index in [-0.39, 0.29) is 0 Å². The first-order valence-electron chi connectivity index (χ1n) is 8.67. The number of quaternary nitrogens is 1. The van der Waals surface area contributed by atoms with E-state index < -0.39 is 0 Å². The fourth-order valence-corrected chi connectivity index (χ4v) is 3.47. The van der Waals surface area contributed by atoms with Crippen molar-refractivity contribution in [2.45, 2.75) is 32.1 Å². The highest BCUT2D eigenvalue weighted by molar-refractivity contribution is 7.71. The van der Waals surface area contributed by atoms with Gasteiger partial charge in [0.15, 0.2) is 12.5 Å². The number of nitrogens with zero attached hydrogens (tertiary/aromatic N) is 4. The van der Waals surface area contributed by atoms with E-state index in [2.05, 4.69) is 40.9 Å². The molecule has 128 valence electrons. The van der Waals surface area contributed by atoms with Gasteiger partial charge in [-0.2, -0.15) is 4.68 Å². The van der Waals surface area contributed by atoms with Gasteiger partial charge in [0, 0.05) is 29.6 Å². The molecule has 5 nitrogen and oxygen atoms in total. The van der Waals surface area contributed by atoms with Gasteiger partial charge in [0.05, 0.1) is 7.05 Å². The first kappa shape index (κ1) is 16.2. The van der Waals surface area contributed by atoms with Gasteiger partial charge in [0.2, 0.25) is 4.77 Å². The lowest BCUT2D eigenvalue weighted by Crippen LogP contribution is -3.07. The third kappa shape index (κ3) is 3.55. The zero-order valence-electron chi connectivity index (χ0n) is 14.3. The van der Waals surface area contributed by atoms with Crippen LogP contribution in [0, 0.1) is 4.77 Å². The van der Waals surface area contributed by atoms with Crippen molar-refractivity contribution in [3.8, 4) is 11.4 Å². The molecular weight excluding hydrogens is 330 g/mol. The quantitative estimate of drug-likeness (QED) is 0.693. The molecule has 0 radical (unpaired) electrons. The van der Waals surface area contributed by atoms with Crippen LogP contribution < -0.4 is 4.90 Å². The Morgan fingerprint density at radius 1 is 1.16 bits per heavy atom. The molecule has 1 aliphatic carbocycles. The van der Waals surface area contributed by atoms with E-state index in [1.807, 2.05) is 29.1 Å². The first-order chi connectivity index (χ1) is 12.2. The Hall–Kier alpha value is -2.31. The van der Waals surface area contributed by atoms with Crippen LogP contribution >= 0.6 is 12.2 Å². The van der Waals surface area contributed by atoms with Crippen molar-refractivity contribution in [3.63, 3.8) is 0 Å². The lowest BCUT2D eigenvalue weighted by molar-refractivity contribution is -0.917. The molecule has 4 rings (SSSR count). The molecule has 0 spiro atoms. The Balaban J connectivity index is 1.61. The van der Waals surface area contributed by atoms with Crippen LogP contribution in [0.5, 0.6) is 0 Å². The van der Waals surface area contributed by atoms with Crippen LogP contribution in [0.25, 0.3) is 11.4 Å². The molecule has 1 unspecified atom stereocenters. The number of benzene rings is 1. The zero-order valence-corrected chi connectivity index (χ0v) is 15.1. The summed E-state index contributed by atoms with van der Waals surface area (Å²) in [6.07, 6.45) is 6.01. The molecule has 3 aromatic rings. The molecule has 1 fully saturated rings. The smallest absolute Gasteiger partial charge is 0.203 e. The molecule has 0 saturated heterocycles. The predicted octanol–water partition coefficient (Wildman–Crippen LogP) is 2.48. The van der Waals surface area contributed by atoms with Crippen molar-refractivity contribution in [2.24, 2.45) is 0 Å². The highest BCUT2D eigenvalue weighted by Crippen LogP contribution is 2.38. The second kappa shape index (κ2) is 6.90. The molecule has 1 aliphatic rings. The first-order valence-corrected chi connectivity index (χ1v) is 9.08. The molecule has 1 saturated carbocycles. The van der Waals surface area contributed by atoms with Gasteiger partial charge in [0.25, 0.3) is 0 Å². The van der Waals surface area contributed by atoms with Crippen molar-refractivity contribution in [1.29, 1.82) is 0 Å². The third-order valence-corrected chi connectivity index (χ3v) is 4.88. The van der Waals surface area contributed by atoms with Crippen molar-refractivity contribution >= 4 is 12.2 Å². The summed E-state index contributed by atoms with van der Waals surface area (Å²) in [6, 6.07) is 15.0. The van der Waals surface area contributed by atoms with Crippen molar-refractivity contribution in [2.75, 3.05) is 7.05 Å². The van der Waals surface area contributed by atoms with Crippen LogP contribution in [0.1, 0.15) is 24.4 Å². The van der Waals surface area contributed by atoms with Crippen LogP contribution in [0.15, 0.2) is 54.9 Å². The minimum absolute atomic E-state index is 0.492. The van der Waals surface area contributed by atoms with Crippen molar-refractivity contribution in [1.82, 2.24) is 19.3 Å². The number of pyridine rings is 1. The second-order valence-electron chi connectivity index (χ2n) is 6.73. The van der Waals surface area contributed by atoms with Gasteiger partial charge >= 0.3 is 0 Å². The van der Waals surface area contributed by atoms with Crippen molar-refractivity contribution < 1.29 is 4.90 Å². The van der Waals surface area contributed by atoms with Gasteiger partial charge in [-0.15, -0.1) is 5.10 Å². The number of aromatic nitrogens is 4. The topological polar surface area (TPSA) is 40.1 Å². The SMILES string of the molecule is C[NH+](Cc1ccccc1)Cn1nc(-c2cccnc2)n(C2CC2)c1=S. The summed E-state index contributed by atoms with van der Waals surface area (Å²) in [6.45, 7) is 1.70. The Morgan fingerprint density at radius 3 is 2.64 bits per heavy atom. The lowest BCUT2D eigenvalue weighted by atomic mass is 10.2. The third-order valence-electron chi connectivity index (χ3n) is 4.47. The number of hydrogen-bond acceptors (Lipinski definition) is 3. The fourth-order valence-electron chi connectivity index (χ4n) is 3.13. The molecule has 6 heteroatoms. The summed E-state index contributed by atoms with van der Waals surface area (Å²) in [5, 5.41) is 4.84. The lowest BCUT2D eigenvalue weighted by Gasteiger charge is -2.13. The largest absolute Gasteiger partial charge is 0.315 e. The Labute approximate surface area is 152 Å². The Kier molecular flexibility index (Phi) is 4.46. The molecule has 0 bridgehead atoms. The summed E-state index contributed by atoms with van der Waals surface area (Å²) in [5.74, 6) is 0.938. The van der Waals surface area contributed by atoms with E-state index in [0.29, 0.717) is 6.04 Å². The zero-order chi connectivity index (χ0) is 17.2. The van der Waals surface area contributed by atoms with Crippen LogP contribution in [0.3, 0.4) is 0 Å².